The predicted molar refractivity (Wildman–Crippen MR) is 86.0 cm³/mol. The molecule has 2 aromatic rings. The van der Waals surface area contributed by atoms with Gasteiger partial charge in [-0.1, -0.05) is 30.3 Å². The minimum atomic E-state index is -0.405. The molecule has 21 heavy (non-hydrogen) atoms. The van der Waals surface area contributed by atoms with E-state index >= 15 is 0 Å². The zero-order valence-corrected chi connectivity index (χ0v) is 12.3. The summed E-state index contributed by atoms with van der Waals surface area (Å²) in [4.78, 5) is 10.2. The Hall–Kier alpha value is -2.07. The maximum absolute atomic E-state index is 10.6. The van der Waals surface area contributed by atoms with Crippen LogP contribution in [0.5, 0.6) is 0 Å². The number of rotatable bonds is 7. The Balaban J connectivity index is 1.91. The third-order valence-electron chi connectivity index (χ3n) is 3.26. The normalized spacial score (nSPS) is 11.9. The van der Waals surface area contributed by atoms with Crippen molar-refractivity contribution in [3.63, 3.8) is 0 Å². The molecule has 1 N–H and O–H groups in total. The number of alkyl halides is 1. The number of hydrogen-bond donors (Lipinski definition) is 1. The van der Waals surface area contributed by atoms with Gasteiger partial charge in [0.25, 0.3) is 5.69 Å². The van der Waals surface area contributed by atoms with E-state index in [4.69, 9.17) is 11.6 Å². The largest absolute Gasteiger partial charge is 0.381 e. The maximum atomic E-state index is 10.6. The lowest BCUT2D eigenvalue weighted by atomic mass is 10.1. The fourth-order valence-corrected chi connectivity index (χ4v) is 2.32. The van der Waals surface area contributed by atoms with Gasteiger partial charge in [0, 0.05) is 29.7 Å². The van der Waals surface area contributed by atoms with Crippen LogP contribution in [0.3, 0.4) is 0 Å². The molecule has 2 rings (SSSR count). The van der Waals surface area contributed by atoms with Crippen LogP contribution in [-0.4, -0.2) is 16.8 Å². The summed E-state index contributed by atoms with van der Waals surface area (Å²) in [7, 11) is 0. The number of aryl methyl sites for hydroxylation is 1. The molecular formula is C16H17ClN2O2. The fraction of sp³-hybridized carbons (Fsp3) is 0.250. The van der Waals surface area contributed by atoms with Crippen LogP contribution < -0.4 is 5.32 Å². The summed E-state index contributed by atoms with van der Waals surface area (Å²) in [5.41, 5.74) is 2.21. The third-order valence-corrected chi connectivity index (χ3v) is 3.63. The van der Waals surface area contributed by atoms with Gasteiger partial charge in [0.2, 0.25) is 0 Å². The van der Waals surface area contributed by atoms with Gasteiger partial charge in [0.1, 0.15) is 0 Å². The Morgan fingerprint density at radius 3 is 2.33 bits per heavy atom. The maximum Gasteiger partial charge on any atom is 0.269 e. The molecule has 1 atom stereocenters. The second-order valence-corrected chi connectivity index (χ2v) is 5.13. The van der Waals surface area contributed by atoms with Crippen LogP contribution in [0.25, 0.3) is 0 Å². The molecule has 4 nitrogen and oxygen atoms in total. The van der Waals surface area contributed by atoms with Crippen molar-refractivity contribution in [3.8, 4) is 0 Å². The quantitative estimate of drug-likeness (QED) is 0.473. The van der Waals surface area contributed by atoms with Gasteiger partial charge >= 0.3 is 0 Å². The summed E-state index contributed by atoms with van der Waals surface area (Å²) in [6.45, 7) is 0. The Kier molecular flexibility index (Phi) is 5.58. The molecule has 0 heterocycles. The van der Waals surface area contributed by atoms with Gasteiger partial charge in [0.15, 0.2) is 0 Å². The molecule has 0 spiro atoms. The smallest absolute Gasteiger partial charge is 0.269 e. The van der Waals surface area contributed by atoms with Crippen molar-refractivity contribution in [3.05, 3.63) is 70.3 Å². The van der Waals surface area contributed by atoms with Crippen molar-refractivity contribution in [2.24, 2.45) is 0 Å². The highest BCUT2D eigenvalue weighted by atomic mass is 35.5. The SMILES string of the molecule is O=[N+]([O-])c1ccc(NC(CCl)CCc2ccccc2)cc1. The molecule has 0 amide bonds. The summed E-state index contributed by atoms with van der Waals surface area (Å²) in [6, 6.07) is 16.8. The van der Waals surface area contributed by atoms with Gasteiger partial charge in [-0.25, -0.2) is 0 Å². The first-order valence-electron chi connectivity index (χ1n) is 6.80. The molecule has 1 unspecified atom stereocenters. The molecule has 5 heteroatoms. The van der Waals surface area contributed by atoms with Crippen LogP contribution in [0.4, 0.5) is 11.4 Å². The van der Waals surface area contributed by atoms with E-state index in [1.807, 2.05) is 18.2 Å². The van der Waals surface area contributed by atoms with Gasteiger partial charge in [-0.05, 0) is 30.5 Å². The highest BCUT2D eigenvalue weighted by molar-refractivity contribution is 6.18. The van der Waals surface area contributed by atoms with Crippen molar-refractivity contribution in [2.45, 2.75) is 18.9 Å². The molecule has 0 aliphatic rings. The molecule has 0 aliphatic carbocycles. The highest BCUT2D eigenvalue weighted by Crippen LogP contribution is 2.17. The standard InChI is InChI=1S/C16H17ClN2O2/c17-12-15(7-6-13-4-2-1-3-5-13)18-14-8-10-16(11-9-14)19(20)21/h1-5,8-11,15,18H,6-7,12H2. The van der Waals surface area contributed by atoms with E-state index in [-0.39, 0.29) is 11.7 Å². The summed E-state index contributed by atoms with van der Waals surface area (Å²) >= 11 is 5.99. The van der Waals surface area contributed by atoms with Gasteiger partial charge in [0.05, 0.1) is 4.92 Å². The number of non-ortho nitro benzene ring substituents is 1. The van der Waals surface area contributed by atoms with Crippen LogP contribution in [0.1, 0.15) is 12.0 Å². The molecular weight excluding hydrogens is 288 g/mol. The van der Waals surface area contributed by atoms with Crippen molar-refractivity contribution in [1.82, 2.24) is 0 Å². The zero-order valence-electron chi connectivity index (χ0n) is 11.5. The van der Waals surface area contributed by atoms with Crippen molar-refractivity contribution >= 4 is 23.0 Å². The number of nitrogens with zero attached hydrogens (tertiary/aromatic N) is 1. The fourth-order valence-electron chi connectivity index (χ4n) is 2.09. The summed E-state index contributed by atoms with van der Waals surface area (Å²) in [6.07, 6.45) is 1.85. The number of nitro benzene ring substituents is 1. The topological polar surface area (TPSA) is 55.2 Å². The number of nitro groups is 1. The minimum absolute atomic E-state index is 0.0901. The van der Waals surface area contributed by atoms with E-state index in [0.717, 1.165) is 18.5 Å². The van der Waals surface area contributed by atoms with Crippen molar-refractivity contribution in [1.29, 1.82) is 0 Å². The van der Waals surface area contributed by atoms with E-state index in [1.165, 1.54) is 17.7 Å². The van der Waals surface area contributed by atoms with E-state index in [1.54, 1.807) is 12.1 Å². The lowest BCUT2D eigenvalue weighted by molar-refractivity contribution is -0.384. The van der Waals surface area contributed by atoms with Crippen LogP contribution in [0, 0.1) is 10.1 Å². The second kappa shape index (κ2) is 7.64. The molecule has 0 fully saturated rings. The third kappa shape index (κ3) is 4.76. The van der Waals surface area contributed by atoms with E-state index in [2.05, 4.69) is 17.4 Å². The van der Waals surface area contributed by atoms with E-state index < -0.39 is 4.92 Å². The minimum Gasteiger partial charge on any atom is -0.381 e. The molecule has 0 aromatic heterocycles. The molecule has 0 bridgehead atoms. The first-order chi connectivity index (χ1) is 10.2. The van der Waals surface area contributed by atoms with Gasteiger partial charge < -0.3 is 5.32 Å². The number of benzene rings is 2. The number of halogens is 1. The summed E-state index contributed by atoms with van der Waals surface area (Å²) in [5, 5.41) is 13.9. The van der Waals surface area contributed by atoms with Crippen LogP contribution in [-0.2, 0) is 6.42 Å². The Labute approximate surface area is 128 Å². The summed E-state index contributed by atoms with van der Waals surface area (Å²) in [5.74, 6) is 0.490. The highest BCUT2D eigenvalue weighted by Gasteiger charge is 2.09. The van der Waals surface area contributed by atoms with E-state index in [0.29, 0.717) is 5.88 Å². The summed E-state index contributed by atoms with van der Waals surface area (Å²) < 4.78 is 0. The molecule has 0 saturated heterocycles. The average Bonchev–Trinajstić information content (AvgIpc) is 2.53. The zero-order chi connectivity index (χ0) is 15.1. The number of hydrogen-bond acceptors (Lipinski definition) is 3. The lowest BCUT2D eigenvalue weighted by Gasteiger charge is -2.17. The Bertz CT molecular complexity index is 573. The molecule has 0 radical (unpaired) electrons. The lowest BCUT2D eigenvalue weighted by Crippen LogP contribution is -2.22. The number of nitrogens with one attached hydrogen (secondary N) is 1. The number of anilines is 1. The van der Waals surface area contributed by atoms with Crippen molar-refractivity contribution in [2.75, 3.05) is 11.2 Å². The molecule has 0 aliphatic heterocycles. The monoisotopic (exact) mass is 304 g/mol. The van der Waals surface area contributed by atoms with Crippen molar-refractivity contribution < 1.29 is 4.92 Å². The first-order valence-corrected chi connectivity index (χ1v) is 7.33. The van der Waals surface area contributed by atoms with Crippen LogP contribution >= 0.6 is 11.6 Å². The molecule has 110 valence electrons. The van der Waals surface area contributed by atoms with Crippen LogP contribution in [0.2, 0.25) is 0 Å². The molecule has 2 aromatic carbocycles. The van der Waals surface area contributed by atoms with Crippen LogP contribution in [0.15, 0.2) is 54.6 Å². The first kappa shape index (κ1) is 15.3. The molecule has 0 saturated carbocycles. The van der Waals surface area contributed by atoms with Gasteiger partial charge in [-0.2, -0.15) is 0 Å². The Morgan fingerprint density at radius 2 is 1.76 bits per heavy atom. The van der Waals surface area contributed by atoms with Gasteiger partial charge in [-0.15, -0.1) is 11.6 Å². The van der Waals surface area contributed by atoms with E-state index in [9.17, 15) is 10.1 Å². The average molecular weight is 305 g/mol. The van der Waals surface area contributed by atoms with Gasteiger partial charge in [-0.3, -0.25) is 10.1 Å². The Morgan fingerprint density at radius 1 is 1.10 bits per heavy atom. The second-order valence-electron chi connectivity index (χ2n) is 4.82. The predicted octanol–water partition coefficient (Wildman–Crippen LogP) is 4.25.